The Labute approximate surface area is 251 Å². The van der Waals surface area contributed by atoms with E-state index < -0.39 is 26.5 Å². The highest BCUT2D eigenvalue weighted by Crippen LogP contribution is 2.42. The average Bonchev–Trinajstić information content (AvgIpc) is 2.96. The first-order valence-electron chi connectivity index (χ1n) is 16.7. The van der Waals surface area contributed by atoms with Crippen LogP contribution < -0.4 is 0 Å². The lowest BCUT2D eigenvalue weighted by Crippen LogP contribution is -2.29. The highest BCUT2D eigenvalue weighted by atomic mass is 31.2. The first-order valence-corrected chi connectivity index (χ1v) is 18.2. The van der Waals surface area contributed by atoms with Gasteiger partial charge in [-0.1, -0.05) is 142 Å². The molecule has 0 aliphatic rings. The van der Waals surface area contributed by atoms with E-state index in [9.17, 15) is 19.0 Å². The summed E-state index contributed by atoms with van der Waals surface area (Å²) in [7, 11) is -3.18. The molecule has 0 aliphatic carbocycles. The maximum atomic E-state index is 12.4. The van der Waals surface area contributed by atoms with Gasteiger partial charge >= 0.3 is 19.8 Å². The Morgan fingerprint density at radius 2 is 0.951 bits per heavy atom. The fourth-order valence-corrected chi connectivity index (χ4v) is 5.18. The van der Waals surface area contributed by atoms with Gasteiger partial charge in [0.15, 0.2) is 6.10 Å². The fourth-order valence-electron chi connectivity index (χ4n) is 4.72. The molecule has 0 aromatic heterocycles. The molecule has 1 unspecified atom stereocenters. The minimum Gasteiger partial charge on any atom is -0.462 e. The van der Waals surface area contributed by atoms with E-state index in [4.69, 9.17) is 14.0 Å². The lowest BCUT2D eigenvalue weighted by molar-refractivity contribution is -0.161. The molecule has 0 amide bonds. The van der Waals surface area contributed by atoms with Gasteiger partial charge in [0.25, 0.3) is 0 Å². The molecule has 0 spiro atoms. The van der Waals surface area contributed by atoms with Gasteiger partial charge in [-0.05, 0) is 12.8 Å². The van der Waals surface area contributed by atoms with Gasteiger partial charge in [0.1, 0.15) is 6.61 Å². The Hall–Kier alpha value is -0.950. The van der Waals surface area contributed by atoms with Gasteiger partial charge in [0.05, 0.1) is 6.61 Å². The molecule has 0 heterocycles. The van der Waals surface area contributed by atoms with E-state index in [0.717, 1.165) is 45.6 Å². The van der Waals surface area contributed by atoms with Gasteiger partial charge < -0.3 is 14.4 Å². The van der Waals surface area contributed by atoms with Gasteiger partial charge in [0, 0.05) is 20.0 Å². The van der Waals surface area contributed by atoms with E-state index in [-0.39, 0.29) is 19.0 Å². The second-order valence-electron chi connectivity index (χ2n) is 11.3. The van der Waals surface area contributed by atoms with E-state index in [1.54, 1.807) is 0 Å². The van der Waals surface area contributed by atoms with Gasteiger partial charge in [-0.2, -0.15) is 0 Å². The molecule has 8 nitrogen and oxygen atoms in total. The molecule has 0 rings (SSSR count). The number of hydrogen-bond acceptors (Lipinski definition) is 7. The van der Waals surface area contributed by atoms with Crippen molar-refractivity contribution in [1.29, 1.82) is 0 Å². The molecule has 0 radical (unpaired) electrons. The number of esters is 2. The summed E-state index contributed by atoms with van der Waals surface area (Å²) in [6, 6.07) is 0. The van der Waals surface area contributed by atoms with E-state index in [2.05, 4.69) is 18.4 Å². The second-order valence-corrected chi connectivity index (χ2v) is 12.9. The molecular formula is C32H63O8P. The van der Waals surface area contributed by atoms with E-state index in [1.165, 1.54) is 103 Å². The molecule has 0 bridgehead atoms. The monoisotopic (exact) mass is 606 g/mol. The summed E-state index contributed by atoms with van der Waals surface area (Å²) in [5.41, 5.74) is 0. The van der Waals surface area contributed by atoms with Crippen molar-refractivity contribution in [3.05, 3.63) is 0 Å². The molecule has 244 valence electrons. The van der Waals surface area contributed by atoms with Crippen LogP contribution in [0.2, 0.25) is 0 Å². The first kappa shape index (κ1) is 40.1. The van der Waals surface area contributed by atoms with Crippen molar-refractivity contribution < 1.29 is 37.6 Å². The Kier molecular flexibility index (Phi) is 28.5. The van der Waals surface area contributed by atoms with Crippen LogP contribution in [-0.2, 0) is 32.7 Å². The summed E-state index contributed by atoms with van der Waals surface area (Å²) in [5, 5.41) is 0. The van der Waals surface area contributed by atoms with Crippen molar-refractivity contribution in [1.82, 2.24) is 0 Å². The van der Waals surface area contributed by atoms with Crippen molar-refractivity contribution in [2.75, 3.05) is 20.3 Å². The largest absolute Gasteiger partial charge is 0.472 e. The number of unbranched alkanes of at least 4 members (excludes halogenated alkanes) is 20. The molecule has 0 saturated heterocycles. The zero-order valence-electron chi connectivity index (χ0n) is 26.7. The van der Waals surface area contributed by atoms with Crippen LogP contribution in [0, 0.1) is 0 Å². The Morgan fingerprint density at radius 3 is 1.34 bits per heavy atom. The summed E-state index contributed by atoms with van der Waals surface area (Å²) < 4.78 is 31.7. The number of ether oxygens (including phenoxy) is 2. The summed E-state index contributed by atoms with van der Waals surface area (Å²) >= 11 is 0. The molecule has 0 aromatic carbocycles. The van der Waals surface area contributed by atoms with Crippen LogP contribution in [0.25, 0.3) is 0 Å². The lowest BCUT2D eigenvalue weighted by Gasteiger charge is -2.19. The third-order valence-corrected chi connectivity index (χ3v) is 8.29. The number of phosphoric ester groups is 1. The normalized spacial score (nSPS) is 13.6. The fraction of sp³-hybridized carbons (Fsp3) is 0.938. The van der Waals surface area contributed by atoms with Crippen LogP contribution in [-0.4, -0.2) is 43.3 Å². The summed E-state index contributed by atoms with van der Waals surface area (Å²) in [5.74, 6) is -0.799. The zero-order valence-corrected chi connectivity index (χ0v) is 27.6. The minimum atomic E-state index is -4.24. The molecule has 9 heteroatoms. The molecule has 0 fully saturated rings. The zero-order chi connectivity index (χ0) is 30.4. The molecular weight excluding hydrogens is 543 g/mol. The van der Waals surface area contributed by atoms with Crippen LogP contribution in [0.15, 0.2) is 0 Å². The second kappa shape index (κ2) is 29.1. The third-order valence-electron chi connectivity index (χ3n) is 7.35. The van der Waals surface area contributed by atoms with Crippen molar-refractivity contribution in [2.24, 2.45) is 0 Å². The highest BCUT2D eigenvalue weighted by molar-refractivity contribution is 7.47. The molecule has 1 N–H and O–H groups in total. The molecule has 2 atom stereocenters. The van der Waals surface area contributed by atoms with Crippen LogP contribution in [0.1, 0.15) is 168 Å². The highest BCUT2D eigenvalue weighted by Gasteiger charge is 2.24. The number of carbonyl (C=O) groups excluding carboxylic acids is 2. The van der Waals surface area contributed by atoms with Crippen LogP contribution >= 0.6 is 7.82 Å². The summed E-state index contributed by atoms with van der Waals surface area (Å²) in [4.78, 5) is 34.1. The van der Waals surface area contributed by atoms with Crippen molar-refractivity contribution in [3.8, 4) is 0 Å². The smallest absolute Gasteiger partial charge is 0.462 e. The predicted octanol–water partition coefficient (Wildman–Crippen LogP) is 9.61. The topological polar surface area (TPSA) is 108 Å². The molecule has 0 aliphatic heterocycles. The SMILES string of the molecule is CCCCCCCCCCCCCC(=O)OC[C@H](COP(=O)(O)OC)OC(=O)CCCCCCCCCCCCC. The molecule has 41 heavy (non-hydrogen) atoms. The van der Waals surface area contributed by atoms with E-state index in [1.807, 2.05) is 0 Å². The number of rotatable bonds is 31. The lowest BCUT2D eigenvalue weighted by atomic mass is 10.1. The average molecular weight is 607 g/mol. The number of phosphoric acid groups is 1. The Balaban J connectivity index is 4.10. The summed E-state index contributed by atoms with van der Waals surface area (Å²) in [6.07, 6.45) is 25.8. The minimum absolute atomic E-state index is 0.218. The van der Waals surface area contributed by atoms with E-state index in [0.29, 0.717) is 6.42 Å². The number of hydrogen-bond donors (Lipinski definition) is 1. The summed E-state index contributed by atoms with van der Waals surface area (Å²) in [6.45, 7) is 3.85. The van der Waals surface area contributed by atoms with Crippen molar-refractivity contribution in [3.63, 3.8) is 0 Å². The predicted molar refractivity (Wildman–Crippen MR) is 166 cm³/mol. The van der Waals surface area contributed by atoms with Crippen LogP contribution in [0.5, 0.6) is 0 Å². The third kappa shape index (κ3) is 28.9. The molecule has 0 saturated carbocycles. The van der Waals surface area contributed by atoms with Gasteiger partial charge in [-0.15, -0.1) is 0 Å². The maximum absolute atomic E-state index is 12.4. The van der Waals surface area contributed by atoms with Gasteiger partial charge in [0.2, 0.25) is 0 Å². The van der Waals surface area contributed by atoms with Gasteiger partial charge in [-0.25, -0.2) is 4.57 Å². The van der Waals surface area contributed by atoms with Crippen LogP contribution in [0.4, 0.5) is 0 Å². The first-order chi connectivity index (χ1) is 19.8. The standard InChI is InChI=1S/C32H63O8P/c1-4-6-8-10-12-14-16-18-20-22-24-26-31(33)38-28-30(29-39-41(35,36)37-3)40-32(34)27-25-23-21-19-17-15-13-11-9-7-5-2/h30H,4-29H2,1-3H3,(H,35,36)/t30-/m1/s1. The van der Waals surface area contributed by atoms with Crippen LogP contribution in [0.3, 0.4) is 0 Å². The van der Waals surface area contributed by atoms with E-state index >= 15 is 0 Å². The Bertz CT molecular complexity index is 658. The Morgan fingerprint density at radius 1 is 0.585 bits per heavy atom. The van der Waals surface area contributed by atoms with Crippen molar-refractivity contribution in [2.45, 2.75) is 174 Å². The van der Waals surface area contributed by atoms with Crippen molar-refractivity contribution >= 4 is 19.8 Å². The molecule has 0 aromatic rings. The maximum Gasteiger partial charge on any atom is 0.472 e. The van der Waals surface area contributed by atoms with Gasteiger partial charge in [-0.3, -0.25) is 18.6 Å². The number of carbonyl (C=O) groups is 2. The quantitative estimate of drug-likeness (QED) is 0.0472.